The molecule has 1 nitrogen and oxygen atoms in total. The van der Waals surface area contributed by atoms with E-state index in [2.05, 4.69) is 13.8 Å². The topological polar surface area (TPSA) is 26.0 Å². The molecule has 0 amide bonds. The van der Waals surface area contributed by atoms with Gasteiger partial charge in [0.1, 0.15) is 0 Å². The van der Waals surface area contributed by atoms with E-state index < -0.39 is 17.8 Å². The Bertz CT molecular complexity index is 445. The van der Waals surface area contributed by atoms with E-state index in [1.54, 1.807) is 6.07 Å². The first-order chi connectivity index (χ1) is 9.29. The summed E-state index contributed by atoms with van der Waals surface area (Å²) in [7, 11) is 0. The second-order valence-electron chi connectivity index (χ2n) is 6.29. The number of halogens is 3. The lowest BCUT2D eigenvalue weighted by molar-refractivity contribution is -0.138. The molecule has 0 saturated heterocycles. The summed E-state index contributed by atoms with van der Waals surface area (Å²) in [5.74, 6) is 1.21. The molecule has 20 heavy (non-hydrogen) atoms. The van der Waals surface area contributed by atoms with Gasteiger partial charge in [0, 0.05) is 6.04 Å². The lowest BCUT2D eigenvalue weighted by Gasteiger charge is -2.35. The Balaban J connectivity index is 2.27. The van der Waals surface area contributed by atoms with Crippen molar-refractivity contribution in [2.24, 2.45) is 23.5 Å². The Hall–Kier alpha value is -1.03. The molecule has 1 aliphatic rings. The molecule has 1 saturated carbocycles. The highest BCUT2D eigenvalue weighted by atomic mass is 19.4. The molecule has 2 rings (SSSR count). The summed E-state index contributed by atoms with van der Waals surface area (Å²) in [6.45, 7) is 4.32. The summed E-state index contributed by atoms with van der Waals surface area (Å²) in [6.07, 6.45) is -1.36. The Labute approximate surface area is 118 Å². The van der Waals surface area contributed by atoms with Crippen molar-refractivity contribution in [3.63, 3.8) is 0 Å². The van der Waals surface area contributed by atoms with Gasteiger partial charge in [0.15, 0.2) is 0 Å². The number of hydrogen-bond acceptors (Lipinski definition) is 1. The molecular weight excluding hydrogens is 263 g/mol. The minimum atomic E-state index is -4.33. The van der Waals surface area contributed by atoms with E-state index in [1.165, 1.54) is 12.1 Å². The molecule has 3 atom stereocenters. The van der Waals surface area contributed by atoms with E-state index in [0.29, 0.717) is 11.8 Å². The Kier molecular flexibility index (Phi) is 4.43. The average molecular weight is 285 g/mol. The predicted molar refractivity (Wildman–Crippen MR) is 74.0 cm³/mol. The predicted octanol–water partition coefficient (Wildman–Crippen LogP) is 4.78. The third-order valence-corrected chi connectivity index (χ3v) is 4.35. The standard InChI is InChI=1S/C16H22F3N/c1-10-7-11(2)9-12(8-10)15(20)13-5-3-4-6-14(13)16(17,18)19/h3-6,10-12,15H,7-9,20H2,1-2H3. The fraction of sp³-hybridized carbons (Fsp3) is 0.625. The minimum absolute atomic E-state index is 0.136. The maximum atomic E-state index is 13.1. The summed E-state index contributed by atoms with van der Waals surface area (Å²) >= 11 is 0. The second kappa shape index (κ2) is 5.76. The Morgan fingerprint density at radius 2 is 1.60 bits per heavy atom. The molecule has 1 fully saturated rings. The van der Waals surface area contributed by atoms with Gasteiger partial charge in [-0.05, 0) is 48.6 Å². The van der Waals surface area contributed by atoms with Crippen molar-refractivity contribution in [1.82, 2.24) is 0 Å². The second-order valence-corrected chi connectivity index (χ2v) is 6.29. The molecule has 3 unspecified atom stereocenters. The van der Waals surface area contributed by atoms with Crippen LogP contribution in [0.4, 0.5) is 13.2 Å². The molecule has 1 aromatic rings. The van der Waals surface area contributed by atoms with Crippen molar-refractivity contribution in [1.29, 1.82) is 0 Å². The highest BCUT2D eigenvalue weighted by molar-refractivity contribution is 5.32. The highest BCUT2D eigenvalue weighted by Crippen LogP contribution is 2.42. The van der Waals surface area contributed by atoms with Gasteiger partial charge in [-0.1, -0.05) is 32.0 Å². The molecule has 0 radical (unpaired) electrons. The van der Waals surface area contributed by atoms with Crippen LogP contribution in [0.2, 0.25) is 0 Å². The van der Waals surface area contributed by atoms with E-state index in [4.69, 9.17) is 5.73 Å². The molecule has 2 N–H and O–H groups in total. The maximum absolute atomic E-state index is 13.1. The fourth-order valence-corrected chi connectivity index (χ4v) is 3.60. The van der Waals surface area contributed by atoms with Crippen LogP contribution in [-0.2, 0) is 6.18 Å². The monoisotopic (exact) mass is 285 g/mol. The van der Waals surface area contributed by atoms with Gasteiger partial charge < -0.3 is 5.73 Å². The molecule has 0 bridgehead atoms. The van der Waals surface area contributed by atoms with Crippen molar-refractivity contribution >= 4 is 0 Å². The maximum Gasteiger partial charge on any atom is 0.416 e. The normalized spacial score (nSPS) is 29.2. The first-order valence-electron chi connectivity index (χ1n) is 7.20. The first-order valence-corrected chi connectivity index (χ1v) is 7.20. The van der Waals surface area contributed by atoms with E-state index in [9.17, 15) is 13.2 Å². The van der Waals surface area contributed by atoms with Crippen LogP contribution in [0, 0.1) is 17.8 Å². The van der Waals surface area contributed by atoms with Gasteiger partial charge in [0.05, 0.1) is 5.56 Å². The van der Waals surface area contributed by atoms with Gasteiger partial charge in [-0.15, -0.1) is 0 Å². The lowest BCUT2D eigenvalue weighted by atomic mass is 9.72. The van der Waals surface area contributed by atoms with Gasteiger partial charge in [0.2, 0.25) is 0 Å². The molecular formula is C16H22F3N. The molecule has 112 valence electrons. The quantitative estimate of drug-likeness (QED) is 0.831. The van der Waals surface area contributed by atoms with Gasteiger partial charge in [-0.2, -0.15) is 13.2 Å². The van der Waals surface area contributed by atoms with Crippen molar-refractivity contribution in [2.45, 2.75) is 45.3 Å². The van der Waals surface area contributed by atoms with Crippen LogP contribution in [0.1, 0.15) is 50.3 Å². The Morgan fingerprint density at radius 1 is 1.05 bits per heavy atom. The van der Waals surface area contributed by atoms with Crippen LogP contribution >= 0.6 is 0 Å². The third kappa shape index (κ3) is 3.35. The average Bonchev–Trinajstić information content (AvgIpc) is 2.35. The van der Waals surface area contributed by atoms with E-state index in [1.807, 2.05) is 0 Å². The molecule has 0 heterocycles. The van der Waals surface area contributed by atoms with Crippen LogP contribution in [0.25, 0.3) is 0 Å². The van der Waals surface area contributed by atoms with Gasteiger partial charge in [-0.25, -0.2) is 0 Å². The third-order valence-electron chi connectivity index (χ3n) is 4.35. The molecule has 1 aliphatic carbocycles. The summed E-state index contributed by atoms with van der Waals surface area (Å²) in [5.41, 5.74) is 5.85. The molecule has 0 aliphatic heterocycles. The number of alkyl halides is 3. The molecule has 0 aromatic heterocycles. The minimum Gasteiger partial charge on any atom is -0.324 e. The van der Waals surface area contributed by atoms with E-state index in [-0.39, 0.29) is 11.5 Å². The Morgan fingerprint density at radius 3 is 2.15 bits per heavy atom. The van der Waals surface area contributed by atoms with Crippen molar-refractivity contribution in [2.75, 3.05) is 0 Å². The largest absolute Gasteiger partial charge is 0.416 e. The number of benzene rings is 1. The van der Waals surface area contributed by atoms with Crippen molar-refractivity contribution < 1.29 is 13.2 Å². The fourth-order valence-electron chi connectivity index (χ4n) is 3.60. The van der Waals surface area contributed by atoms with Crippen LogP contribution in [0.3, 0.4) is 0 Å². The summed E-state index contributed by atoms with van der Waals surface area (Å²) in [5, 5.41) is 0. The van der Waals surface area contributed by atoms with E-state index in [0.717, 1.165) is 25.3 Å². The zero-order chi connectivity index (χ0) is 14.9. The van der Waals surface area contributed by atoms with Gasteiger partial charge in [0.25, 0.3) is 0 Å². The van der Waals surface area contributed by atoms with Gasteiger partial charge in [-0.3, -0.25) is 0 Å². The van der Waals surface area contributed by atoms with Crippen molar-refractivity contribution in [3.05, 3.63) is 35.4 Å². The van der Waals surface area contributed by atoms with Crippen molar-refractivity contribution in [3.8, 4) is 0 Å². The summed E-state index contributed by atoms with van der Waals surface area (Å²) in [6, 6.07) is 5.19. The first kappa shape index (κ1) is 15.4. The zero-order valence-electron chi connectivity index (χ0n) is 12.0. The SMILES string of the molecule is CC1CC(C)CC(C(N)c2ccccc2C(F)(F)F)C1. The summed E-state index contributed by atoms with van der Waals surface area (Å²) in [4.78, 5) is 0. The summed E-state index contributed by atoms with van der Waals surface area (Å²) < 4.78 is 39.2. The van der Waals surface area contributed by atoms with E-state index >= 15 is 0 Å². The number of hydrogen-bond donors (Lipinski definition) is 1. The number of rotatable bonds is 2. The molecule has 4 heteroatoms. The van der Waals surface area contributed by atoms with Crippen LogP contribution in [0.5, 0.6) is 0 Å². The van der Waals surface area contributed by atoms with Crippen LogP contribution < -0.4 is 5.73 Å². The number of nitrogens with two attached hydrogens (primary N) is 1. The van der Waals surface area contributed by atoms with Gasteiger partial charge >= 0.3 is 6.18 Å². The van der Waals surface area contributed by atoms with Crippen LogP contribution in [0.15, 0.2) is 24.3 Å². The highest BCUT2D eigenvalue weighted by Gasteiger charge is 2.37. The molecule has 1 aromatic carbocycles. The smallest absolute Gasteiger partial charge is 0.324 e. The zero-order valence-corrected chi connectivity index (χ0v) is 12.0. The molecule has 0 spiro atoms. The lowest BCUT2D eigenvalue weighted by Crippen LogP contribution is -2.30. The van der Waals surface area contributed by atoms with Crippen LogP contribution in [-0.4, -0.2) is 0 Å².